The van der Waals surface area contributed by atoms with Crippen LogP contribution in [0.15, 0.2) is 24.8 Å². The first-order chi connectivity index (χ1) is 8.51. The molecule has 0 aromatic rings. The Morgan fingerprint density at radius 2 is 1.89 bits per heavy atom. The smallest absolute Gasteiger partial charge is 0.191 e. The molecule has 0 aromatic carbocycles. The summed E-state index contributed by atoms with van der Waals surface area (Å²) in [5.41, 5.74) is 0.868. The lowest BCUT2D eigenvalue weighted by atomic mass is 9.98. The summed E-state index contributed by atoms with van der Waals surface area (Å²) < 4.78 is 6.09. The van der Waals surface area contributed by atoms with Crippen LogP contribution in [0.25, 0.3) is 0 Å². The average Bonchev–Trinajstić information content (AvgIpc) is 2.26. The van der Waals surface area contributed by atoms with Gasteiger partial charge < -0.3 is 9.53 Å². The second kappa shape index (κ2) is 7.41. The van der Waals surface area contributed by atoms with E-state index in [0.29, 0.717) is 18.9 Å². The van der Waals surface area contributed by atoms with Crippen molar-refractivity contribution in [3.8, 4) is 0 Å². The van der Waals surface area contributed by atoms with E-state index in [1.807, 2.05) is 6.08 Å². The maximum atomic E-state index is 10.0. The number of hydrogen-bond donors (Lipinski definition) is 1. The van der Waals surface area contributed by atoms with Gasteiger partial charge in [-0.2, -0.15) is 0 Å². The average molecular weight is 285 g/mol. The van der Waals surface area contributed by atoms with Crippen LogP contribution in [0.1, 0.15) is 40.5 Å². The van der Waals surface area contributed by atoms with Crippen molar-refractivity contribution < 1.29 is 9.53 Å². The highest BCUT2D eigenvalue weighted by Crippen LogP contribution is 2.36. The molecule has 1 N–H and O–H groups in total. The monoisotopic (exact) mass is 284 g/mol. The van der Waals surface area contributed by atoms with Crippen LogP contribution < -0.4 is 0 Å². The van der Waals surface area contributed by atoms with E-state index >= 15 is 0 Å². The largest absolute Gasteiger partial charge is 0.417 e. The highest BCUT2D eigenvalue weighted by molar-refractivity contribution is 6.74. The van der Waals surface area contributed by atoms with Gasteiger partial charge in [0.25, 0.3) is 0 Å². The normalized spacial score (nSPS) is 15.9. The van der Waals surface area contributed by atoms with Crippen molar-refractivity contribution in [1.82, 2.24) is 0 Å². The Bertz CT molecular complexity index is 302. The molecule has 0 rings (SSSR count). The van der Waals surface area contributed by atoms with E-state index in [2.05, 4.69) is 53.9 Å². The highest BCUT2D eigenvalue weighted by Gasteiger charge is 2.36. The summed E-state index contributed by atoms with van der Waals surface area (Å²) in [5.74, 6) is 0.313. The summed E-state index contributed by atoms with van der Waals surface area (Å²) >= 11 is 0. The van der Waals surface area contributed by atoms with Crippen molar-refractivity contribution in [2.24, 2.45) is 5.92 Å². The first-order valence-electron chi connectivity index (χ1n) is 7.13. The molecule has 0 amide bonds. The van der Waals surface area contributed by atoms with Crippen LogP contribution in [-0.4, -0.2) is 26.1 Å². The van der Waals surface area contributed by atoms with E-state index in [1.165, 1.54) is 0 Å². The predicted molar refractivity (Wildman–Crippen MR) is 86.9 cm³/mol. The first kappa shape index (κ1) is 18.6. The minimum Gasteiger partial charge on any atom is -0.417 e. The molecule has 0 heterocycles. The maximum Gasteiger partial charge on any atom is 0.191 e. The molecule has 0 radical (unpaired) electrons. The zero-order chi connectivity index (χ0) is 15.3. The zero-order valence-corrected chi connectivity index (χ0v) is 14.6. The third kappa shape index (κ3) is 6.55. The van der Waals surface area contributed by atoms with Crippen LogP contribution in [-0.2, 0) is 4.43 Å². The Morgan fingerprint density at radius 3 is 2.32 bits per heavy atom. The van der Waals surface area contributed by atoms with Gasteiger partial charge in [-0.25, -0.2) is 0 Å². The van der Waals surface area contributed by atoms with Gasteiger partial charge in [-0.1, -0.05) is 40.3 Å². The van der Waals surface area contributed by atoms with E-state index in [9.17, 15) is 5.11 Å². The molecule has 0 saturated carbocycles. The summed E-state index contributed by atoms with van der Waals surface area (Å²) in [6.07, 6.45) is 2.85. The number of allylic oxidation sites excluding steroid dienone is 1. The fourth-order valence-electron chi connectivity index (χ4n) is 1.44. The van der Waals surface area contributed by atoms with E-state index in [4.69, 9.17) is 4.43 Å². The number of aliphatic hydroxyl groups is 1. The third-order valence-corrected chi connectivity index (χ3v) is 8.70. The molecular formula is C16H32O2Si. The van der Waals surface area contributed by atoms with Crippen LogP contribution in [0, 0.1) is 5.92 Å². The molecule has 0 saturated heterocycles. The van der Waals surface area contributed by atoms with Gasteiger partial charge in [0.05, 0.1) is 6.10 Å². The van der Waals surface area contributed by atoms with Gasteiger partial charge >= 0.3 is 0 Å². The Kier molecular flexibility index (Phi) is 7.26. The van der Waals surface area contributed by atoms with Gasteiger partial charge in [-0.05, 0) is 42.5 Å². The van der Waals surface area contributed by atoms with Gasteiger partial charge in [0, 0.05) is 6.61 Å². The van der Waals surface area contributed by atoms with Gasteiger partial charge in [-0.3, -0.25) is 0 Å². The summed E-state index contributed by atoms with van der Waals surface area (Å²) in [6.45, 7) is 21.6. The lowest BCUT2D eigenvalue weighted by Crippen LogP contribution is -2.41. The molecule has 0 aromatic heterocycles. The molecule has 0 aliphatic heterocycles. The van der Waals surface area contributed by atoms with Crippen LogP contribution >= 0.6 is 0 Å². The number of rotatable bonds is 8. The van der Waals surface area contributed by atoms with Gasteiger partial charge in [-0.15, -0.1) is 6.58 Å². The van der Waals surface area contributed by atoms with Crippen LogP contribution in [0.5, 0.6) is 0 Å². The summed E-state index contributed by atoms with van der Waals surface area (Å²) in [6, 6.07) is 0. The fraction of sp³-hybridized carbons (Fsp3) is 0.750. The third-order valence-electron chi connectivity index (χ3n) is 4.16. The molecule has 0 fully saturated rings. The van der Waals surface area contributed by atoms with Crippen molar-refractivity contribution in [3.05, 3.63) is 24.8 Å². The van der Waals surface area contributed by atoms with Crippen molar-refractivity contribution in [2.45, 2.75) is 64.8 Å². The van der Waals surface area contributed by atoms with E-state index in [-0.39, 0.29) is 5.04 Å². The molecule has 112 valence electrons. The molecule has 0 unspecified atom stereocenters. The van der Waals surface area contributed by atoms with Gasteiger partial charge in [0.15, 0.2) is 8.32 Å². The van der Waals surface area contributed by atoms with Gasteiger partial charge in [0.1, 0.15) is 0 Å². The molecule has 0 bridgehead atoms. The Labute approximate surface area is 120 Å². The van der Waals surface area contributed by atoms with Crippen LogP contribution in [0.2, 0.25) is 18.1 Å². The second-order valence-corrected chi connectivity index (χ2v) is 11.8. The molecule has 3 heteroatoms. The highest BCUT2D eigenvalue weighted by atomic mass is 28.4. The Balaban J connectivity index is 4.15. The topological polar surface area (TPSA) is 29.5 Å². The van der Waals surface area contributed by atoms with Gasteiger partial charge in [0.2, 0.25) is 0 Å². The Hall–Kier alpha value is -0.383. The lowest BCUT2D eigenvalue weighted by molar-refractivity contribution is 0.178. The van der Waals surface area contributed by atoms with E-state index in [1.54, 1.807) is 0 Å². The van der Waals surface area contributed by atoms with Crippen molar-refractivity contribution in [1.29, 1.82) is 0 Å². The number of hydrogen-bond acceptors (Lipinski definition) is 2. The molecular weight excluding hydrogens is 252 g/mol. The standard InChI is InChI=1S/C16H32O2Si/c1-9-13(2)12-15(17)14(3)10-11-18-19(7,8)16(4,5)6/h9,13,15,17H,1,3,10-12H2,2,4-8H3/t13-,15-/m1/s1. The minimum atomic E-state index is -1.68. The summed E-state index contributed by atoms with van der Waals surface area (Å²) in [5, 5.41) is 10.2. The van der Waals surface area contributed by atoms with Crippen molar-refractivity contribution in [3.63, 3.8) is 0 Å². The first-order valence-corrected chi connectivity index (χ1v) is 10.0. The van der Waals surface area contributed by atoms with E-state index < -0.39 is 14.4 Å². The zero-order valence-electron chi connectivity index (χ0n) is 13.6. The van der Waals surface area contributed by atoms with Crippen LogP contribution in [0.3, 0.4) is 0 Å². The van der Waals surface area contributed by atoms with Crippen molar-refractivity contribution >= 4 is 8.32 Å². The Morgan fingerprint density at radius 1 is 1.37 bits per heavy atom. The molecule has 0 aliphatic carbocycles. The number of aliphatic hydroxyl groups excluding tert-OH is 1. The predicted octanol–water partition coefficient (Wildman–Crippen LogP) is 4.53. The van der Waals surface area contributed by atoms with Crippen molar-refractivity contribution in [2.75, 3.05) is 6.61 Å². The SMILES string of the molecule is C=C[C@@H](C)C[C@@H](O)C(=C)CCO[Si](C)(C)C(C)(C)C. The molecule has 0 spiro atoms. The molecule has 19 heavy (non-hydrogen) atoms. The van der Waals surface area contributed by atoms with Crippen LogP contribution in [0.4, 0.5) is 0 Å². The lowest BCUT2D eigenvalue weighted by Gasteiger charge is -2.36. The fourth-order valence-corrected chi connectivity index (χ4v) is 2.48. The van der Waals surface area contributed by atoms with E-state index in [0.717, 1.165) is 12.0 Å². The quantitative estimate of drug-likeness (QED) is 0.524. The second-order valence-electron chi connectivity index (χ2n) is 6.98. The molecule has 2 atom stereocenters. The maximum absolute atomic E-state index is 10.0. The summed E-state index contributed by atoms with van der Waals surface area (Å²) in [4.78, 5) is 0. The molecule has 0 aliphatic rings. The molecule has 2 nitrogen and oxygen atoms in total. The minimum absolute atomic E-state index is 0.226. The summed E-state index contributed by atoms with van der Waals surface area (Å²) in [7, 11) is -1.68.